The van der Waals surface area contributed by atoms with E-state index < -0.39 is 53.1 Å². The predicted molar refractivity (Wildman–Crippen MR) is 229 cm³/mol. The average Bonchev–Trinajstić information content (AvgIpc) is 3.86. The molecule has 7 N–H and O–H groups in total. The summed E-state index contributed by atoms with van der Waals surface area (Å²) in [6.07, 6.45) is 1.73. The maximum absolute atomic E-state index is 13.4. The summed E-state index contributed by atoms with van der Waals surface area (Å²) in [5, 5.41) is 22.5. The van der Waals surface area contributed by atoms with Crippen LogP contribution in [0.4, 0.5) is 9.59 Å². The summed E-state index contributed by atoms with van der Waals surface area (Å²) >= 11 is 0. The van der Waals surface area contributed by atoms with Gasteiger partial charge in [0, 0.05) is 23.5 Å². The molecule has 2 aromatic heterocycles. The number of carbonyl (C=O) groups excluding carboxylic acids is 3. The Bertz CT molecular complexity index is 2280. The molecule has 0 fully saturated rings. The first-order valence-electron chi connectivity index (χ1n) is 19.9. The Morgan fingerprint density at radius 2 is 1.00 bits per heavy atom. The molecule has 0 spiro atoms. The zero-order chi connectivity index (χ0) is 43.4. The molecule has 0 unspecified atom stereocenters. The van der Waals surface area contributed by atoms with Crippen LogP contribution in [-0.4, -0.2) is 68.2 Å². The van der Waals surface area contributed by atoms with E-state index in [1.165, 1.54) is 7.11 Å². The van der Waals surface area contributed by atoms with Gasteiger partial charge in [0.1, 0.15) is 23.7 Å². The Hall–Kier alpha value is -6.18. The first-order chi connectivity index (χ1) is 27.7. The molecule has 5 rings (SSSR count). The van der Waals surface area contributed by atoms with Gasteiger partial charge in [0.15, 0.2) is 0 Å². The number of rotatable bonds is 13. The van der Waals surface area contributed by atoms with Crippen LogP contribution < -0.4 is 21.3 Å². The monoisotopic (exact) mass is 806 g/mol. The molecule has 0 radical (unpaired) electrons. The minimum Gasteiger partial charge on any atom is -0.465 e. The molecule has 5 aromatic rings. The lowest BCUT2D eigenvalue weighted by Crippen LogP contribution is -2.52. The Labute approximate surface area is 345 Å². The van der Waals surface area contributed by atoms with Gasteiger partial charge in [0.2, 0.25) is 11.8 Å². The zero-order valence-corrected chi connectivity index (χ0v) is 35.8. The number of amides is 4. The maximum Gasteiger partial charge on any atom is 0.407 e. The van der Waals surface area contributed by atoms with Gasteiger partial charge >= 0.3 is 12.2 Å². The lowest BCUT2D eigenvalue weighted by atomic mass is 9.85. The van der Waals surface area contributed by atoms with Crippen LogP contribution in [0.25, 0.3) is 44.4 Å². The van der Waals surface area contributed by atoms with Crippen LogP contribution >= 0.6 is 0 Å². The minimum atomic E-state index is -1.25. The van der Waals surface area contributed by atoms with E-state index in [0.717, 1.165) is 44.4 Å². The Balaban J connectivity index is 1.32. The van der Waals surface area contributed by atoms with Gasteiger partial charge in [-0.25, -0.2) is 19.6 Å². The van der Waals surface area contributed by atoms with E-state index in [2.05, 4.69) is 73.7 Å². The third kappa shape index (κ3) is 10.7. The van der Waals surface area contributed by atoms with Crippen molar-refractivity contribution in [2.45, 2.75) is 93.4 Å². The third-order valence-corrected chi connectivity index (χ3v) is 10.3. The zero-order valence-electron chi connectivity index (χ0n) is 35.8. The number of H-pyrrole nitrogens is 2. The highest BCUT2D eigenvalue weighted by molar-refractivity contribution is 5.91. The molecular weight excluding hydrogens is 749 g/mol. The highest BCUT2D eigenvalue weighted by Crippen LogP contribution is 2.35. The quantitative estimate of drug-likeness (QED) is 0.0615. The van der Waals surface area contributed by atoms with E-state index in [-0.39, 0.29) is 17.7 Å². The van der Waals surface area contributed by atoms with E-state index in [1.54, 1.807) is 13.8 Å². The molecule has 0 aliphatic carbocycles. The standard InChI is InChI=1S/C45H58N8O6/c1-24(2)34(50-42(56)57)40(54)52-36(44(5,6)7)38-46-22-32(48-38)27-14-12-26(13-15-27)28-16-17-30-21-31(19-18-29(30)20-28)33-23-47-39(49-33)37(45(8,9)10)53-41(55)35(25(3)4)51-43(58)59-11/h12-25,34-37,50H,1-11H3,(H,46,48)(H,47,49)(H,51,58)(H,52,54)(H,53,55)(H,56,57)/t34-,35-,36+,37+/m0/s1. The highest BCUT2D eigenvalue weighted by Gasteiger charge is 2.35. The number of nitrogens with one attached hydrogen (secondary N) is 6. The summed E-state index contributed by atoms with van der Waals surface area (Å²) in [6.45, 7) is 19.3. The number of nitrogens with zero attached hydrogens (tertiary/aromatic N) is 2. The smallest absolute Gasteiger partial charge is 0.407 e. The van der Waals surface area contributed by atoms with Gasteiger partial charge < -0.3 is 41.1 Å². The minimum absolute atomic E-state index is 0.165. The fourth-order valence-electron chi connectivity index (χ4n) is 6.93. The first kappa shape index (κ1) is 43.9. The molecule has 4 amide bonds. The van der Waals surface area contributed by atoms with Crippen LogP contribution in [0.1, 0.15) is 93.0 Å². The van der Waals surface area contributed by atoms with Gasteiger partial charge in [-0.15, -0.1) is 0 Å². The topological polar surface area (TPSA) is 203 Å². The summed E-state index contributed by atoms with van der Waals surface area (Å²) in [4.78, 5) is 66.2. The number of ether oxygens (including phenoxy) is 1. The van der Waals surface area contributed by atoms with Crippen molar-refractivity contribution >= 4 is 34.8 Å². The largest absolute Gasteiger partial charge is 0.465 e. The van der Waals surface area contributed by atoms with Crippen molar-refractivity contribution in [3.8, 4) is 33.6 Å². The number of benzene rings is 3. The highest BCUT2D eigenvalue weighted by atomic mass is 16.5. The normalized spacial score (nSPS) is 14.1. The molecule has 314 valence electrons. The van der Waals surface area contributed by atoms with E-state index in [4.69, 9.17) is 14.7 Å². The number of aromatic nitrogens is 4. The van der Waals surface area contributed by atoms with Crippen LogP contribution in [0.15, 0.2) is 73.1 Å². The van der Waals surface area contributed by atoms with Gasteiger partial charge in [-0.05, 0) is 56.7 Å². The SMILES string of the molecule is COC(=O)N[C@H](C(=O)N[C@H](c1nc(-c2ccc3cc(-c4ccc(-c5c[nH]c([C@@H](NC(=O)[C@@H](NC(=O)O)C(C)C)C(C)(C)C)n5)cc4)ccc3c2)c[nH]1)C(C)(C)C)C(C)C. The van der Waals surface area contributed by atoms with Crippen molar-refractivity contribution < 1.29 is 29.0 Å². The maximum atomic E-state index is 13.4. The summed E-state index contributed by atoms with van der Waals surface area (Å²) in [6, 6.07) is 18.0. The van der Waals surface area contributed by atoms with Gasteiger partial charge in [-0.3, -0.25) is 9.59 Å². The molecule has 59 heavy (non-hydrogen) atoms. The Kier molecular flexibility index (Phi) is 13.2. The lowest BCUT2D eigenvalue weighted by molar-refractivity contribution is -0.126. The predicted octanol–water partition coefficient (Wildman–Crippen LogP) is 8.37. The van der Waals surface area contributed by atoms with Crippen molar-refractivity contribution in [2.75, 3.05) is 7.11 Å². The number of imidazole rings is 2. The molecule has 0 bridgehead atoms. The number of carbonyl (C=O) groups is 4. The molecule has 14 nitrogen and oxygen atoms in total. The molecule has 4 atom stereocenters. The van der Waals surface area contributed by atoms with Crippen molar-refractivity contribution in [1.82, 2.24) is 41.2 Å². The fourth-order valence-corrected chi connectivity index (χ4v) is 6.93. The molecule has 0 saturated heterocycles. The number of alkyl carbamates (subject to hydrolysis) is 1. The summed E-state index contributed by atoms with van der Waals surface area (Å²) in [5.41, 5.74) is 4.56. The van der Waals surface area contributed by atoms with Crippen LogP contribution in [0.3, 0.4) is 0 Å². The van der Waals surface area contributed by atoms with Crippen LogP contribution in [0.5, 0.6) is 0 Å². The number of aromatic amines is 2. The van der Waals surface area contributed by atoms with E-state index in [1.807, 2.05) is 86.0 Å². The van der Waals surface area contributed by atoms with Gasteiger partial charge in [-0.1, -0.05) is 118 Å². The first-order valence-corrected chi connectivity index (χ1v) is 19.9. The molecule has 0 saturated carbocycles. The van der Waals surface area contributed by atoms with Crippen molar-refractivity contribution in [2.24, 2.45) is 22.7 Å². The number of hydrogen-bond acceptors (Lipinski definition) is 7. The molecule has 2 heterocycles. The van der Waals surface area contributed by atoms with Gasteiger partial charge in [-0.2, -0.15) is 0 Å². The molecule has 14 heteroatoms. The summed E-state index contributed by atoms with van der Waals surface area (Å²) in [5.74, 6) is 0.0453. The average molecular weight is 807 g/mol. The van der Waals surface area contributed by atoms with Crippen LogP contribution in [0, 0.1) is 22.7 Å². The van der Waals surface area contributed by atoms with E-state index >= 15 is 0 Å². The van der Waals surface area contributed by atoms with Gasteiger partial charge in [0.25, 0.3) is 0 Å². The van der Waals surface area contributed by atoms with Crippen LogP contribution in [-0.2, 0) is 14.3 Å². The lowest BCUT2D eigenvalue weighted by Gasteiger charge is -2.32. The molecule has 3 aromatic carbocycles. The second-order valence-electron chi connectivity index (χ2n) is 17.8. The molecular formula is C45H58N8O6. The second kappa shape index (κ2) is 17.8. The number of methoxy groups -OCH3 is 1. The molecule has 0 aliphatic heterocycles. The fraction of sp³-hybridized carbons (Fsp3) is 0.422. The Morgan fingerprint density at radius 3 is 1.44 bits per heavy atom. The van der Waals surface area contributed by atoms with Gasteiger partial charge in [0.05, 0.1) is 30.6 Å². The van der Waals surface area contributed by atoms with Crippen molar-refractivity contribution in [1.29, 1.82) is 0 Å². The number of carboxylic acid groups (broad SMARTS) is 1. The van der Waals surface area contributed by atoms with Crippen molar-refractivity contribution in [3.63, 3.8) is 0 Å². The number of hydrogen-bond donors (Lipinski definition) is 7. The van der Waals surface area contributed by atoms with Crippen LogP contribution in [0.2, 0.25) is 0 Å². The molecule has 0 aliphatic rings. The summed E-state index contributed by atoms with van der Waals surface area (Å²) < 4.78 is 4.74. The van der Waals surface area contributed by atoms with E-state index in [9.17, 15) is 24.3 Å². The van der Waals surface area contributed by atoms with Crippen molar-refractivity contribution in [3.05, 3.63) is 84.7 Å². The second-order valence-corrected chi connectivity index (χ2v) is 17.8. The summed E-state index contributed by atoms with van der Waals surface area (Å²) in [7, 11) is 1.27. The van der Waals surface area contributed by atoms with E-state index in [0.29, 0.717) is 11.6 Å². The number of fused-ring (bicyclic) bond motifs is 1. The third-order valence-electron chi connectivity index (χ3n) is 10.3. The Morgan fingerprint density at radius 1 is 0.593 bits per heavy atom.